The predicted octanol–water partition coefficient (Wildman–Crippen LogP) is 3.52. The van der Waals surface area contributed by atoms with Crippen LogP contribution in [-0.4, -0.2) is 50.5 Å². The van der Waals surface area contributed by atoms with E-state index in [4.69, 9.17) is 18.9 Å². The fourth-order valence-electron chi connectivity index (χ4n) is 4.34. The van der Waals surface area contributed by atoms with Crippen LogP contribution >= 0.6 is 27.3 Å². The van der Waals surface area contributed by atoms with Crippen LogP contribution in [0.2, 0.25) is 0 Å². The Hall–Kier alpha value is -3.90. The summed E-state index contributed by atoms with van der Waals surface area (Å²) in [4.78, 5) is 43.9. The van der Waals surface area contributed by atoms with Crippen LogP contribution in [0.4, 0.5) is 0 Å². The monoisotopic (exact) mass is 644 g/mol. The number of methoxy groups -OCH3 is 2. The predicted molar refractivity (Wildman–Crippen MR) is 156 cm³/mol. The molecular weight excluding hydrogens is 616 g/mol. The smallest absolute Gasteiger partial charge is 0.343 e. The van der Waals surface area contributed by atoms with Gasteiger partial charge in [0.2, 0.25) is 0 Å². The minimum absolute atomic E-state index is 0.153. The summed E-state index contributed by atoms with van der Waals surface area (Å²) in [6.45, 7) is 5.39. The fraction of sp³-hybridized carbons (Fsp3) is 0.310. The van der Waals surface area contributed by atoms with Gasteiger partial charge in [0.15, 0.2) is 22.9 Å². The number of hydrogen-bond acceptors (Lipinski definition) is 10. The fourth-order valence-corrected chi connectivity index (χ4v) is 5.76. The Morgan fingerprint density at radius 2 is 1.80 bits per heavy atom. The molecule has 1 aliphatic heterocycles. The molecule has 0 N–H and O–H groups in total. The molecule has 0 unspecified atom stereocenters. The van der Waals surface area contributed by atoms with Crippen LogP contribution < -0.4 is 29.1 Å². The molecule has 0 radical (unpaired) electrons. The third-order valence-corrected chi connectivity index (χ3v) is 7.63. The number of nitrogens with zero attached hydrogens (tertiary/aromatic N) is 2. The summed E-state index contributed by atoms with van der Waals surface area (Å²) in [5.41, 5.74) is 1.61. The van der Waals surface area contributed by atoms with Gasteiger partial charge >= 0.3 is 11.9 Å². The van der Waals surface area contributed by atoms with E-state index in [-0.39, 0.29) is 24.3 Å². The van der Waals surface area contributed by atoms with E-state index in [0.29, 0.717) is 50.0 Å². The zero-order chi connectivity index (χ0) is 29.7. The molecule has 4 rings (SSSR count). The zero-order valence-electron chi connectivity index (χ0n) is 23.2. The first kappa shape index (κ1) is 30.1. The second-order valence-electron chi connectivity index (χ2n) is 8.69. The van der Waals surface area contributed by atoms with Crippen LogP contribution in [0.1, 0.15) is 37.9 Å². The van der Waals surface area contributed by atoms with E-state index in [1.807, 2.05) is 19.1 Å². The Labute approximate surface area is 248 Å². The molecular formula is C29H29BrN2O8S. The second-order valence-corrected chi connectivity index (χ2v) is 10.6. The Kier molecular flexibility index (Phi) is 9.66. The average Bonchev–Trinajstić information content (AvgIpc) is 3.25. The maximum atomic E-state index is 14.0. The summed E-state index contributed by atoms with van der Waals surface area (Å²) in [6, 6.07) is 9.68. The summed E-state index contributed by atoms with van der Waals surface area (Å²) in [7, 11) is 2.83. The Bertz CT molecular complexity index is 1690. The SMILES string of the molecule is CCOC(=O)C1=C(C)N=c2s/c(=C/c3cc(Br)ccc3OC)c(=O)n2[C@H]1c1ccc(OCC(=O)OC)c(OCC)c1. The van der Waals surface area contributed by atoms with Gasteiger partial charge in [-0.1, -0.05) is 33.3 Å². The molecule has 2 aromatic carbocycles. The molecule has 3 aromatic rings. The number of carbonyl (C=O) groups is 2. The van der Waals surface area contributed by atoms with Crippen molar-refractivity contribution >= 4 is 45.3 Å². The minimum Gasteiger partial charge on any atom is -0.496 e. The molecule has 1 aromatic heterocycles. The van der Waals surface area contributed by atoms with E-state index >= 15 is 0 Å². The topological polar surface area (TPSA) is 115 Å². The first-order valence-corrected chi connectivity index (χ1v) is 14.3. The van der Waals surface area contributed by atoms with Crippen molar-refractivity contribution in [3.8, 4) is 17.2 Å². The molecule has 1 atom stereocenters. The molecule has 0 aliphatic carbocycles. The number of carbonyl (C=O) groups excluding carboxylic acids is 2. The molecule has 0 amide bonds. The highest BCUT2D eigenvalue weighted by Gasteiger charge is 2.34. The number of halogens is 1. The highest BCUT2D eigenvalue weighted by Crippen LogP contribution is 2.36. The third-order valence-electron chi connectivity index (χ3n) is 6.15. The van der Waals surface area contributed by atoms with E-state index in [9.17, 15) is 14.4 Å². The van der Waals surface area contributed by atoms with Gasteiger partial charge in [0.25, 0.3) is 5.56 Å². The lowest BCUT2D eigenvalue weighted by atomic mass is 9.95. The van der Waals surface area contributed by atoms with E-state index < -0.39 is 18.0 Å². The number of esters is 2. The molecule has 0 spiro atoms. The van der Waals surface area contributed by atoms with Crippen LogP contribution in [0.3, 0.4) is 0 Å². The highest BCUT2D eigenvalue weighted by atomic mass is 79.9. The van der Waals surface area contributed by atoms with E-state index in [1.54, 1.807) is 51.3 Å². The van der Waals surface area contributed by atoms with Gasteiger partial charge in [0, 0.05) is 10.0 Å². The number of benzene rings is 2. The highest BCUT2D eigenvalue weighted by molar-refractivity contribution is 9.10. The average molecular weight is 646 g/mol. The maximum absolute atomic E-state index is 14.0. The number of fused-ring (bicyclic) bond motifs is 1. The summed E-state index contributed by atoms with van der Waals surface area (Å²) in [5, 5.41) is 0. The maximum Gasteiger partial charge on any atom is 0.343 e. The van der Waals surface area contributed by atoms with E-state index in [2.05, 4.69) is 25.7 Å². The summed E-state index contributed by atoms with van der Waals surface area (Å²) < 4.78 is 29.6. The Morgan fingerprint density at radius 1 is 1.05 bits per heavy atom. The van der Waals surface area contributed by atoms with Gasteiger partial charge in [-0.15, -0.1) is 0 Å². The summed E-state index contributed by atoms with van der Waals surface area (Å²) in [6.07, 6.45) is 1.74. The lowest BCUT2D eigenvalue weighted by Gasteiger charge is -2.25. The van der Waals surface area contributed by atoms with E-state index in [1.165, 1.54) is 23.0 Å². The molecule has 0 saturated carbocycles. The van der Waals surface area contributed by atoms with Gasteiger partial charge < -0.3 is 23.7 Å². The van der Waals surface area contributed by atoms with Crippen molar-refractivity contribution in [1.82, 2.24) is 4.57 Å². The number of allylic oxidation sites excluding steroid dienone is 1. The van der Waals surface area contributed by atoms with Crippen LogP contribution in [0.15, 0.2) is 61.9 Å². The Balaban J connectivity index is 1.92. The first-order valence-electron chi connectivity index (χ1n) is 12.7. The van der Waals surface area contributed by atoms with Crippen molar-refractivity contribution in [1.29, 1.82) is 0 Å². The lowest BCUT2D eigenvalue weighted by Crippen LogP contribution is -2.40. The van der Waals surface area contributed by atoms with Crippen molar-refractivity contribution in [2.24, 2.45) is 4.99 Å². The van der Waals surface area contributed by atoms with Crippen molar-refractivity contribution in [2.45, 2.75) is 26.8 Å². The molecule has 41 heavy (non-hydrogen) atoms. The first-order chi connectivity index (χ1) is 19.7. The molecule has 1 aliphatic rings. The van der Waals surface area contributed by atoms with E-state index in [0.717, 1.165) is 4.47 Å². The van der Waals surface area contributed by atoms with Crippen LogP contribution in [0.5, 0.6) is 17.2 Å². The molecule has 0 saturated heterocycles. The standard InChI is InChI=1S/C29H29BrN2O8S/c1-6-38-22-13-17(8-10-21(22)40-15-24(33)37-5)26-25(28(35)39-7-2)16(3)31-29-32(26)27(34)23(41-29)14-18-12-19(30)9-11-20(18)36-4/h8-14,26H,6-7,15H2,1-5H3/b23-14+/t26-/m0/s1. The largest absolute Gasteiger partial charge is 0.496 e. The molecule has 12 heteroatoms. The van der Waals surface area contributed by atoms with Crippen LogP contribution in [0.25, 0.3) is 6.08 Å². The second kappa shape index (κ2) is 13.2. The van der Waals surface area contributed by atoms with Crippen LogP contribution in [-0.2, 0) is 19.1 Å². The number of hydrogen-bond donors (Lipinski definition) is 0. The van der Waals surface area contributed by atoms with Crippen LogP contribution in [0, 0.1) is 0 Å². The molecule has 0 bridgehead atoms. The number of rotatable bonds is 10. The summed E-state index contributed by atoms with van der Waals surface area (Å²) in [5.74, 6) is 0.128. The van der Waals surface area contributed by atoms with Crippen molar-refractivity contribution < 1.29 is 33.3 Å². The quantitative estimate of drug-likeness (QED) is 0.308. The number of thiazole rings is 1. The molecule has 216 valence electrons. The van der Waals surface area contributed by atoms with Gasteiger partial charge in [-0.05, 0) is 62.7 Å². The summed E-state index contributed by atoms with van der Waals surface area (Å²) >= 11 is 4.68. The van der Waals surface area contributed by atoms with Gasteiger partial charge in [0.05, 0.1) is 49.3 Å². The number of aromatic nitrogens is 1. The van der Waals surface area contributed by atoms with Crippen molar-refractivity contribution in [3.05, 3.63) is 83.0 Å². The van der Waals surface area contributed by atoms with Gasteiger partial charge in [-0.25, -0.2) is 14.6 Å². The molecule has 0 fully saturated rings. The Morgan fingerprint density at radius 3 is 2.49 bits per heavy atom. The minimum atomic E-state index is -0.856. The van der Waals surface area contributed by atoms with Crippen molar-refractivity contribution in [2.75, 3.05) is 34.0 Å². The van der Waals surface area contributed by atoms with Gasteiger partial charge in [-0.3, -0.25) is 9.36 Å². The zero-order valence-corrected chi connectivity index (χ0v) is 25.6. The van der Waals surface area contributed by atoms with Crippen molar-refractivity contribution in [3.63, 3.8) is 0 Å². The van der Waals surface area contributed by atoms with Gasteiger partial charge in [-0.2, -0.15) is 0 Å². The molecule has 10 nitrogen and oxygen atoms in total. The lowest BCUT2D eigenvalue weighted by molar-refractivity contribution is -0.143. The number of ether oxygens (including phenoxy) is 5. The third kappa shape index (κ3) is 6.38. The van der Waals surface area contributed by atoms with Gasteiger partial charge in [0.1, 0.15) is 5.75 Å². The molecule has 2 heterocycles. The normalized spacial score (nSPS) is 14.7.